The van der Waals surface area contributed by atoms with E-state index in [4.69, 9.17) is 16.3 Å². The first kappa shape index (κ1) is 17.5. The van der Waals surface area contributed by atoms with E-state index in [-0.39, 0.29) is 17.4 Å². The van der Waals surface area contributed by atoms with Gasteiger partial charge in [-0.2, -0.15) is 0 Å². The number of hydrogen-bond donors (Lipinski definition) is 0. The quantitative estimate of drug-likeness (QED) is 0.464. The molecule has 2 aromatic rings. The van der Waals surface area contributed by atoms with Crippen LogP contribution in [0.2, 0.25) is 5.02 Å². The topological polar surface area (TPSA) is 29.5 Å². The van der Waals surface area contributed by atoms with Crippen molar-refractivity contribution < 1.29 is 9.53 Å². The molecule has 1 fully saturated rings. The van der Waals surface area contributed by atoms with Gasteiger partial charge in [-0.1, -0.05) is 46.3 Å². The van der Waals surface area contributed by atoms with Gasteiger partial charge in [-0.15, -0.1) is 0 Å². The summed E-state index contributed by atoms with van der Waals surface area (Å²) in [6.45, 7) is 2.05. The Bertz CT molecular complexity index is 732. The van der Waals surface area contributed by atoms with Crippen LogP contribution in [0.5, 0.6) is 5.75 Å². The number of ether oxygens (including phenoxy) is 1. The van der Waals surface area contributed by atoms with E-state index in [1.807, 2.05) is 60.4 Å². The van der Waals surface area contributed by atoms with Gasteiger partial charge in [0.05, 0.1) is 18.6 Å². The Morgan fingerprint density at radius 1 is 1.21 bits per heavy atom. The predicted molar refractivity (Wildman–Crippen MR) is 106 cm³/mol. The summed E-state index contributed by atoms with van der Waals surface area (Å²) >= 11 is 8.33. The van der Waals surface area contributed by atoms with Gasteiger partial charge in [0.25, 0.3) is 0 Å². The maximum atomic E-state index is 13.1. The molecule has 0 saturated carbocycles. The van der Waals surface area contributed by atoms with Crippen molar-refractivity contribution in [1.29, 1.82) is 0 Å². The summed E-state index contributed by atoms with van der Waals surface area (Å²) in [6, 6.07) is 15.5. The van der Waals surface area contributed by atoms with E-state index in [0.717, 1.165) is 27.8 Å². The Kier molecular flexibility index (Phi) is 5.06. The molecule has 3 nitrogen and oxygen atoms in total. The number of methoxy groups -OCH3 is 1. The number of benzene rings is 2. The molecule has 0 bridgehead atoms. The van der Waals surface area contributed by atoms with E-state index >= 15 is 0 Å². The molecule has 2 aromatic carbocycles. The Morgan fingerprint density at radius 2 is 1.83 bits per heavy atom. The number of anilines is 1. The molecule has 5 heteroatoms. The highest BCUT2D eigenvalue weighted by Crippen LogP contribution is 2.47. The standard InChI is InChI=1S/C19H19ClINO2/c1-19(12-21)11-17(13-3-5-14(20)6-4-13)22(18(19)23)15-7-9-16(24-2)10-8-15/h3-10,17H,11-12H2,1-2H3/t17-,19-/m1/s1. The minimum atomic E-state index is -0.356. The molecule has 1 aliphatic rings. The first-order valence-corrected chi connectivity index (χ1v) is 9.68. The molecule has 1 heterocycles. The van der Waals surface area contributed by atoms with Crippen LogP contribution in [-0.4, -0.2) is 17.4 Å². The zero-order valence-electron chi connectivity index (χ0n) is 13.6. The summed E-state index contributed by atoms with van der Waals surface area (Å²) in [4.78, 5) is 15.0. The van der Waals surface area contributed by atoms with Crippen LogP contribution in [0, 0.1) is 5.41 Å². The van der Waals surface area contributed by atoms with Gasteiger partial charge in [0, 0.05) is 15.1 Å². The van der Waals surface area contributed by atoms with Gasteiger partial charge in [0.1, 0.15) is 5.75 Å². The van der Waals surface area contributed by atoms with Crippen LogP contribution < -0.4 is 9.64 Å². The van der Waals surface area contributed by atoms with Crippen molar-refractivity contribution in [2.75, 3.05) is 16.4 Å². The molecule has 0 aromatic heterocycles. The van der Waals surface area contributed by atoms with Crippen molar-refractivity contribution in [3.05, 3.63) is 59.1 Å². The Labute approximate surface area is 161 Å². The van der Waals surface area contributed by atoms with E-state index < -0.39 is 0 Å². The minimum absolute atomic E-state index is 0.0166. The normalized spacial score (nSPS) is 23.6. The van der Waals surface area contributed by atoms with Gasteiger partial charge in [0.2, 0.25) is 5.91 Å². The summed E-state index contributed by atoms with van der Waals surface area (Å²) in [6.07, 6.45) is 0.794. The molecular weight excluding hydrogens is 437 g/mol. The molecule has 1 amide bonds. The summed E-state index contributed by atoms with van der Waals surface area (Å²) in [5.74, 6) is 0.951. The Balaban J connectivity index is 2.03. The Hall–Kier alpha value is -1.27. The summed E-state index contributed by atoms with van der Waals surface area (Å²) < 4.78 is 6.02. The third-order valence-corrected chi connectivity index (χ3v) is 6.53. The van der Waals surface area contributed by atoms with Gasteiger partial charge in [-0.3, -0.25) is 4.79 Å². The van der Waals surface area contributed by atoms with Gasteiger partial charge >= 0.3 is 0 Å². The second-order valence-corrected chi connectivity index (χ2v) is 7.54. The monoisotopic (exact) mass is 455 g/mol. The number of nitrogens with zero attached hydrogens (tertiary/aromatic N) is 1. The average molecular weight is 456 g/mol. The van der Waals surface area contributed by atoms with E-state index in [9.17, 15) is 4.79 Å². The fourth-order valence-corrected chi connectivity index (χ4v) is 3.90. The van der Waals surface area contributed by atoms with Crippen LogP contribution in [0.25, 0.3) is 0 Å². The van der Waals surface area contributed by atoms with Crippen molar-refractivity contribution in [2.45, 2.75) is 19.4 Å². The molecular formula is C19H19ClINO2. The molecule has 126 valence electrons. The van der Waals surface area contributed by atoms with E-state index in [1.165, 1.54) is 0 Å². The van der Waals surface area contributed by atoms with Crippen LogP contribution in [0.15, 0.2) is 48.5 Å². The highest BCUT2D eigenvalue weighted by Gasteiger charge is 2.48. The second kappa shape index (κ2) is 6.92. The number of carbonyl (C=O) groups excluding carboxylic acids is 1. The number of alkyl halides is 1. The molecule has 0 N–H and O–H groups in total. The summed E-state index contributed by atoms with van der Waals surface area (Å²) in [5, 5.41) is 0.704. The maximum Gasteiger partial charge on any atom is 0.234 e. The highest BCUT2D eigenvalue weighted by molar-refractivity contribution is 14.1. The number of hydrogen-bond acceptors (Lipinski definition) is 2. The molecule has 24 heavy (non-hydrogen) atoms. The number of halogens is 2. The smallest absolute Gasteiger partial charge is 0.234 e. The second-order valence-electron chi connectivity index (χ2n) is 6.34. The largest absolute Gasteiger partial charge is 0.497 e. The van der Waals surface area contributed by atoms with Crippen molar-refractivity contribution in [3.63, 3.8) is 0 Å². The fraction of sp³-hybridized carbons (Fsp3) is 0.316. The molecule has 2 atom stereocenters. The SMILES string of the molecule is COc1ccc(N2C(=O)[C@@](C)(CI)C[C@@H]2c2ccc(Cl)cc2)cc1. The molecule has 0 unspecified atom stereocenters. The predicted octanol–water partition coefficient (Wildman–Crippen LogP) is 5.27. The van der Waals surface area contributed by atoms with Crippen LogP contribution in [0.3, 0.4) is 0 Å². The van der Waals surface area contributed by atoms with Crippen LogP contribution in [0.4, 0.5) is 5.69 Å². The number of carbonyl (C=O) groups is 1. The van der Waals surface area contributed by atoms with Gasteiger partial charge in [0.15, 0.2) is 0 Å². The maximum absolute atomic E-state index is 13.1. The van der Waals surface area contributed by atoms with Crippen molar-refractivity contribution in [3.8, 4) is 5.75 Å². The van der Waals surface area contributed by atoms with Gasteiger partial charge in [-0.25, -0.2) is 0 Å². The Morgan fingerprint density at radius 3 is 2.38 bits per heavy atom. The van der Waals surface area contributed by atoms with E-state index in [2.05, 4.69) is 22.6 Å². The molecule has 3 rings (SSSR count). The molecule has 0 radical (unpaired) electrons. The third kappa shape index (κ3) is 3.14. The molecule has 1 saturated heterocycles. The van der Waals surface area contributed by atoms with Crippen molar-refractivity contribution in [1.82, 2.24) is 0 Å². The molecule has 0 spiro atoms. The lowest BCUT2D eigenvalue weighted by atomic mass is 9.88. The molecule has 0 aliphatic carbocycles. The number of amides is 1. The van der Waals surface area contributed by atoms with Gasteiger partial charge < -0.3 is 9.64 Å². The van der Waals surface area contributed by atoms with Crippen molar-refractivity contribution in [2.24, 2.45) is 5.41 Å². The van der Waals surface area contributed by atoms with Crippen LogP contribution in [-0.2, 0) is 4.79 Å². The van der Waals surface area contributed by atoms with Crippen LogP contribution >= 0.6 is 34.2 Å². The van der Waals surface area contributed by atoms with E-state index in [0.29, 0.717) is 5.02 Å². The zero-order chi connectivity index (χ0) is 17.3. The van der Waals surface area contributed by atoms with Crippen LogP contribution in [0.1, 0.15) is 24.9 Å². The van der Waals surface area contributed by atoms with Crippen molar-refractivity contribution >= 4 is 45.8 Å². The highest BCUT2D eigenvalue weighted by atomic mass is 127. The summed E-state index contributed by atoms with van der Waals surface area (Å²) in [7, 11) is 1.64. The van der Waals surface area contributed by atoms with E-state index in [1.54, 1.807) is 7.11 Å². The lowest BCUT2D eigenvalue weighted by molar-refractivity contribution is -0.123. The lowest BCUT2D eigenvalue weighted by Crippen LogP contribution is -2.34. The first-order valence-electron chi connectivity index (χ1n) is 7.77. The average Bonchev–Trinajstić information content (AvgIpc) is 2.88. The fourth-order valence-electron chi connectivity index (χ4n) is 3.14. The lowest BCUT2D eigenvalue weighted by Gasteiger charge is -2.26. The first-order chi connectivity index (χ1) is 11.5. The molecule has 1 aliphatic heterocycles. The summed E-state index contributed by atoms with van der Waals surface area (Å²) in [5.41, 5.74) is 1.65. The third-order valence-electron chi connectivity index (χ3n) is 4.59. The van der Waals surface area contributed by atoms with Gasteiger partial charge in [-0.05, 0) is 55.3 Å². The number of rotatable bonds is 4. The minimum Gasteiger partial charge on any atom is -0.497 e. The zero-order valence-corrected chi connectivity index (χ0v) is 16.5.